The number of anilines is 1. The number of benzene rings is 2. The summed E-state index contributed by atoms with van der Waals surface area (Å²) in [6.07, 6.45) is 4.57. The number of nitrogens with zero attached hydrogens (tertiary/aromatic N) is 2. The highest BCUT2D eigenvalue weighted by Crippen LogP contribution is 2.51. The van der Waals surface area contributed by atoms with Crippen LogP contribution in [0.1, 0.15) is 40.5 Å². The van der Waals surface area contributed by atoms with E-state index in [2.05, 4.69) is 27.0 Å². The average Bonchev–Trinajstić information content (AvgIpc) is 3.45. The van der Waals surface area contributed by atoms with Gasteiger partial charge in [-0.15, -0.1) is 0 Å². The molecule has 1 atom stereocenters. The van der Waals surface area contributed by atoms with Gasteiger partial charge in [0.2, 0.25) is 22.7 Å². The maximum Gasteiger partial charge on any atom is 0.240 e. The van der Waals surface area contributed by atoms with Crippen LogP contribution in [0.15, 0.2) is 65.6 Å². The summed E-state index contributed by atoms with van der Waals surface area (Å²) in [4.78, 5) is 20.4. The number of carbonyl (C=O) groups is 1. The zero-order valence-corrected chi connectivity index (χ0v) is 22.7. The van der Waals surface area contributed by atoms with Crippen molar-refractivity contribution >= 4 is 21.7 Å². The summed E-state index contributed by atoms with van der Waals surface area (Å²) in [6.45, 7) is 1.67. The summed E-state index contributed by atoms with van der Waals surface area (Å²) < 4.78 is 39.2. The van der Waals surface area contributed by atoms with Gasteiger partial charge in [-0.2, -0.15) is 0 Å². The minimum Gasteiger partial charge on any atom is -0.454 e. The molecule has 10 heteroatoms. The molecule has 6 rings (SSSR count). The molecule has 0 spiro atoms. The van der Waals surface area contributed by atoms with Gasteiger partial charge in [-0.3, -0.25) is 4.79 Å². The minimum atomic E-state index is -3.59. The Hall–Kier alpha value is -3.47. The largest absolute Gasteiger partial charge is 0.454 e. The van der Waals surface area contributed by atoms with Crippen LogP contribution in [0.4, 0.5) is 5.82 Å². The lowest BCUT2D eigenvalue weighted by molar-refractivity contribution is -0.118. The van der Waals surface area contributed by atoms with Gasteiger partial charge >= 0.3 is 0 Å². The van der Waals surface area contributed by atoms with Gasteiger partial charge in [0.15, 0.2) is 11.5 Å². The van der Waals surface area contributed by atoms with Crippen molar-refractivity contribution < 1.29 is 25.5 Å². The third-order valence-corrected chi connectivity index (χ3v) is 9.48. The Kier molecular flexibility index (Phi) is 6.78. The first-order valence-corrected chi connectivity index (χ1v) is 14.8. The van der Waals surface area contributed by atoms with E-state index in [1.807, 2.05) is 30.3 Å². The Bertz CT molecular complexity index is 1500. The van der Waals surface area contributed by atoms with E-state index in [-0.39, 0.29) is 20.4 Å². The van der Waals surface area contributed by atoms with Crippen molar-refractivity contribution in [3.8, 4) is 22.8 Å². The molecule has 1 saturated carbocycles. The number of hydrogen-bond donors (Lipinski definition) is 2. The highest BCUT2D eigenvalue weighted by Gasteiger charge is 2.51. The second-order valence-electron chi connectivity index (χ2n) is 10.5. The van der Waals surface area contributed by atoms with E-state index >= 15 is 0 Å². The molecule has 39 heavy (non-hydrogen) atoms. The lowest BCUT2D eigenvalue weighted by Gasteiger charge is -2.19. The van der Waals surface area contributed by atoms with Crippen LogP contribution in [0.5, 0.6) is 11.5 Å². The first kappa shape index (κ1) is 25.8. The Labute approximate surface area is 231 Å². The van der Waals surface area contributed by atoms with Gasteiger partial charge in [0, 0.05) is 21.0 Å². The van der Waals surface area contributed by atoms with Gasteiger partial charge in [0.05, 0.1) is 16.0 Å². The zero-order chi connectivity index (χ0) is 27.0. The van der Waals surface area contributed by atoms with Gasteiger partial charge in [-0.05, 0) is 87.7 Å². The molecule has 2 aliphatic heterocycles. The van der Waals surface area contributed by atoms with Crippen molar-refractivity contribution in [2.75, 3.05) is 32.2 Å². The van der Waals surface area contributed by atoms with E-state index < -0.39 is 15.4 Å². The first-order chi connectivity index (χ1) is 18.8. The van der Waals surface area contributed by atoms with Crippen LogP contribution in [-0.4, -0.2) is 57.2 Å². The van der Waals surface area contributed by atoms with Gasteiger partial charge in [0.25, 0.3) is 0 Å². The summed E-state index contributed by atoms with van der Waals surface area (Å²) in [7, 11) is -1.51. The summed E-state index contributed by atoms with van der Waals surface area (Å²) >= 11 is 0. The molecule has 1 saturated heterocycles. The fraction of sp³-hybridized carbons (Fsp3) is 0.379. The van der Waals surface area contributed by atoms with Gasteiger partial charge in [-0.1, -0.05) is 24.3 Å². The molecule has 1 aromatic heterocycles. The Balaban J connectivity index is 0.00000194. The van der Waals surface area contributed by atoms with Gasteiger partial charge in [-0.25, -0.2) is 18.1 Å². The molecule has 2 fully saturated rings. The molecule has 0 radical (unpaired) electrons. The molecule has 208 valence electrons. The fourth-order valence-corrected chi connectivity index (χ4v) is 6.51. The lowest BCUT2D eigenvalue weighted by atomic mass is 9.94. The Morgan fingerprint density at radius 2 is 1.90 bits per heavy atom. The number of pyridine rings is 1. The van der Waals surface area contributed by atoms with Gasteiger partial charge in [0.1, 0.15) is 5.82 Å². The number of aromatic nitrogens is 1. The van der Waals surface area contributed by atoms with Gasteiger partial charge < -0.3 is 19.7 Å². The second-order valence-corrected chi connectivity index (χ2v) is 12.3. The highest BCUT2D eigenvalue weighted by atomic mass is 32.2. The van der Waals surface area contributed by atoms with E-state index in [4.69, 9.17) is 9.47 Å². The summed E-state index contributed by atoms with van der Waals surface area (Å²) in [5.41, 5.74) is 1.70. The number of carbonyl (C=O) groups excluding carboxylic acids is 1. The molecule has 2 N–H and O–H groups in total. The average molecular weight is 553 g/mol. The monoisotopic (exact) mass is 552 g/mol. The number of rotatable bonds is 9. The standard InChI is InChI=1S/C29H32N4O5S.2H2/c1-33-17-3-4-22(33)13-16-30-39(35,36)23-10-7-20(8-11-23)24-5-2-6-27(31-24)32-28(34)29(14-15-29)21-9-12-25-26(18-21)38-19-37-25;;/h2,5-12,18,22,30H,3-4,13-17,19H2,1H3,(H,31,32,34);2*1H. The SMILES string of the molecule is CN1CCCC1CCNS(=O)(=O)c1ccc(-c2cccc(NC(=O)C3(c4ccc5c(c4)OCO5)CC3)n2)cc1.[HH].[HH]. The number of amides is 1. The zero-order valence-electron chi connectivity index (χ0n) is 21.9. The summed E-state index contributed by atoms with van der Waals surface area (Å²) in [6, 6.07) is 18.1. The number of likely N-dealkylation sites (tertiary alicyclic amines) is 1. The first-order valence-electron chi connectivity index (χ1n) is 13.3. The summed E-state index contributed by atoms with van der Waals surface area (Å²) in [5, 5.41) is 2.97. The lowest BCUT2D eigenvalue weighted by Crippen LogP contribution is -2.31. The molecule has 0 bridgehead atoms. The van der Waals surface area contributed by atoms with E-state index in [9.17, 15) is 13.2 Å². The summed E-state index contributed by atoms with van der Waals surface area (Å²) in [5.74, 6) is 1.69. The molecule has 3 heterocycles. The molecule has 1 aliphatic carbocycles. The Morgan fingerprint density at radius 3 is 2.64 bits per heavy atom. The van der Waals surface area contributed by atoms with Crippen molar-refractivity contribution in [3.05, 3.63) is 66.2 Å². The second kappa shape index (κ2) is 10.3. The predicted octanol–water partition coefficient (Wildman–Crippen LogP) is 4.40. The van der Waals surface area contributed by atoms with Crippen LogP contribution in [0.2, 0.25) is 0 Å². The van der Waals surface area contributed by atoms with E-state index in [0.29, 0.717) is 35.6 Å². The highest BCUT2D eigenvalue weighted by molar-refractivity contribution is 7.89. The van der Waals surface area contributed by atoms with Crippen LogP contribution in [0, 0.1) is 0 Å². The fourth-order valence-electron chi connectivity index (χ4n) is 5.46. The third kappa shape index (κ3) is 5.24. The quantitative estimate of drug-likeness (QED) is 0.405. The molecular weight excluding hydrogens is 516 g/mol. The molecule has 3 aromatic rings. The number of ether oxygens (including phenoxy) is 2. The maximum atomic E-state index is 13.3. The van der Waals surface area contributed by atoms with Crippen LogP contribution in [-0.2, 0) is 20.2 Å². The molecule has 1 amide bonds. The predicted molar refractivity (Wildman–Crippen MR) is 151 cm³/mol. The van der Waals surface area contributed by atoms with Crippen molar-refractivity contribution in [1.82, 2.24) is 14.6 Å². The van der Waals surface area contributed by atoms with Crippen LogP contribution in [0.25, 0.3) is 11.3 Å². The van der Waals surface area contributed by atoms with Crippen molar-refractivity contribution in [2.45, 2.75) is 48.5 Å². The van der Waals surface area contributed by atoms with Crippen molar-refractivity contribution in [1.29, 1.82) is 0 Å². The third-order valence-electron chi connectivity index (χ3n) is 8.00. The van der Waals surface area contributed by atoms with E-state index in [0.717, 1.165) is 49.8 Å². The van der Waals surface area contributed by atoms with Crippen molar-refractivity contribution in [3.63, 3.8) is 0 Å². The number of fused-ring (bicyclic) bond motifs is 1. The molecule has 2 aromatic carbocycles. The van der Waals surface area contributed by atoms with Crippen LogP contribution >= 0.6 is 0 Å². The number of sulfonamides is 1. The van der Waals surface area contributed by atoms with E-state index in [1.54, 1.807) is 30.3 Å². The number of nitrogens with one attached hydrogen (secondary N) is 2. The molecule has 1 unspecified atom stereocenters. The molecular formula is C29H36N4O5S. The smallest absolute Gasteiger partial charge is 0.240 e. The van der Waals surface area contributed by atoms with Crippen molar-refractivity contribution in [2.24, 2.45) is 0 Å². The molecule has 9 nitrogen and oxygen atoms in total. The normalized spacial score (nSPS) is 19.7. The maximum absolute atomic E-state index is 13.3. The topological polar surface area (TPSA) is 110 Å². The van der Waals surface area contributed by atoms with Crippen LogP contribution in [0.3, 0.4) is 0 Å². The Morgan fingerprint density at radius 1 is 1.10 bits per heavy atom. The number of hydrogen-bond acceptors (Lipinski definition) is 7. The van der Waals surface area contributed by atoms with Crippen LogP contribution < -0.4 is 19.5 Å². The minimum absolute atomic E-state index is 0. The molecule has 3 aliphatic rings. The van der Waals surface area contributed by atoms with E-state index in [1.165, 1.54) is 0 Å².